The Morgan fingerprint density at radius 3 is 2.35 bits per heavy atom. The number of nitrogens with zero attached hydrogens (tertiary/aromatic N) is 1. The van der Waals surface area contributed by atoms with E-state index < -0.39 is 0 Å². The van der Waals surface area contributed by atoms with Crippen molar-refractivity contribution in [1.29, 1.82) is 0 Å². The molecule has 0 aromatic heterocycles. The molecule has 2 rings (SSSR count). The van der Waals surface area contributed by atoms with Gasteiger partial charge in [-0.2, -0.15) is 0 Å². The van der Waals surface area contributed by atoms with Crippen LogP contribution < -0.4 is 4.90 Å². The van der Waals surface area contributed by atoms with Crippen molar-refractivity contribution < 1.29 is 4.79 Å². The van der Waals surface area contributed by atoms with Gasteiger partial charge in [-0.1, -0.05) is 12.8 Å². The highest BCUT2D eigenvalue weighted by Gasteiger charge is 2.16. The third-order valence-electron chi connectivity index (χ3n) is 3.72. The molecule has 0 heterocycles. The monoisotopic (exact) mass is 231 g/mol. The summed E-state index contributed by atoms with van der Waals surface area (Å²) in [7, 11) is 2.14. The van der Waals surface area contributed by atoms with Crippen molar-refractivity contribution in [2.45, 2.75) is 32.6 Å². The van der Waals surface area contributed by atoms with Crippen LogP contribution in [0.4, 0.5) is 5.69 Å². The van der Waals surface area contributed by atoms with E-state index >= 15 is 0 Å². The summed E-state index contributed by atoms with van der Waals surface area (Å²) >= 11 is 0. The van der Waals surface area contributed by atoms with E-state index in [4.69, 9.17) is 0 Å². The van der Waals surface area contributed by atoms with Crippen LogP contribution in [0.25, 0.3) is 0 Å². The first-order valence-corrected chi connectivity index (χ1v) is 6.49. The molecule has 1 aliphatic carbocycles. The SMILES string of the molecule is CC(=O)c1ccc(N(C)CC2CCCC2)cc1. The van der Waals surface area contributed by atoms with E-state index in [9.17, 15) is 4.79 Å². The molecule has 1 saturated carbocycles. The summed E-state index contributed by atoms with van der Waals surface area (Å²) in [6, 6.07) is 7.93. The zero-order valence-corrected chi connectivity index (χ0v) is 10.8. The third kappa shape index (κ3) is 3.09. The molecule has 0 N–H and O–H groups in total. The molecule has 92 valence electrons. The average Bonchev–Trinajstić information content (AvgIpc) is 2.82. The highest BCUT2D eigenvalue weighted by Crippen LogP contribution is 2.26. The number of hydrogen-bond acceptors (Lipinski definition) is 2. The van der Waals surface area contributed by atoms with Crippen LogP contribution in [0.3, 0.4) is 0 Å². The van der Waals surface area contributed by atoms with Crippen LogP contribution in [0.2, 0.25) is 0 Å². The van der Waals surface area contributed by atoms with Crippen molar-refractivity contribution in [3.05, 3.63) is 29.8 Å². The van der Waals surface area contributed by atoms with E-state index in [2.05, 4.69) is 11.9 Å². The summed E-state index contributed by atoms with van der Waals surface area (Å²) in [5, 5.41) is 0. The fourth-order valence-corrected chi connectivity index (χ4v) is 2.64. The minimum Gasteiger partial charge on any atom is -0.374 e. The Hall–Kier alpha value is -1.31. The maximum absolute atomic E-state index is 11.2. The second-order valence-electron chi connectivity index (χ2n) is 5.13. The topological polar surface area (TPSA) is 20.3 Å². The average molecular weight is 231 g/mol. The lowest BCUT2D eigenvalue weighted by molar-refractivity contribution is 0.101. The Bertz CT molecular complexity index is 376. The molecular formula is C15H21NO. The van der Waals surface area contributed by atoms with Gasteiger partial charge in [0.2, 0.25) is 0 Å². The summed E-state index contributed by atoms with van der Waals surface area (Å²) in [5.74, 6) is 0.988. The molecule has 1 fully saturated rings. The van der Waals surface area contributed by atoms with Gasteiger partial charge in [0.25, 0.3) is 0 Å². The normalized spacial score (nSPS) is 16.1. The maximum atomic E-state index is 11.2. The fourth-order valence-electron chi connectivity index (χ4n) is 2.64. The maximum Gasteiger partial charge on any atom is 0.159 e. The Kier molecular flexibility index (Phi) is 3.82. The van der Waals surface area contributed by atoms with Gasteiger partial charge in [-0.15, -0.1) is 0 Å². The molecule has 0 bridgehead atoms. The van der Waals surface area contributed by atoms with Crippen LogP contribution in [0, 0.1) is 5.92 Å². The van der Waals surface area contributed by atoms with Gasteiger partial charge < -0.3 is 4.90 Å². The van der Waals surface area contributed by atoms with Crippen molar-refractivity contribution >= 4 is 11.5 Å². The molecule has 2 heteroatoms. The number of carbonyl (C=O) groups is 1. The molecule has 0 spiro atoms. The Morgan fingerprint density at radius 2 is 1.82 bits per heavy atom. The summed E-state index contributed by atoms with van der Waals surface area (Å²) in [6.45, 7) is 2.75. The second kappa shape index (κ2) is 5.35. The number of hydrogen-bond donors (Lipinski definition) is 0. The second-order valence-corrected chi connectivity index (χ2v) is 5.13. The van der Waals surface area contributed by atoms with Crippen molar-refractivity contribution in [3.63, 3.8) is 0 Å². The summed E-state index contributed by atoms with van der Waals surface area (Å²) in [5.41, 5.74) is 2.00. The molecule has 1 aromatic carbocycles. The summed E-state index contributed by atoms with van der Waals surface area (Å²) < 4.78 is 0. The molecule has 1 aliphatic rings. The van der Waals surface area contributed by atoms with Crippen molar-refractivity contribution in [1.82, 2.24) is 0 Å². The first-order chi connectivity index (χ1) is 8.16. The van der Waals surface area contributed by atoms with E-state index in [1.165, 1.54) is 31.4 Å². The first-order valence-electron chi connectivity index (χ1n) is 6.49. The van der Waals surface area contributed by atoms with Crippen LogP contribution >= 0.6 is 0 Å². The van der Waals surface area contributed by atoms with Crippen molar-refractivity contribution in [2.75, 3.05) is 18.5 Å². The van der Waals surface area contributed by atoms with Crippen LogP contribution in [-0.4, -0.2) is 19.4 Å². The lowest BCUT2D eigenvalue weighted by atomic mass is 10.1. The zero-order chi connectivity index (χ0) is 12.3. The van der Waals surface area contributed by atoms with E-state index in [1.807, 2.05) is 24.3 Å². The number of carbonyl (C=O) groups excluding carboxylic acids is 1. The van der Waals surface area contributed by atoms with Gasteiger partial charge in [0, 0.05) is 24.8 Å². The van der Waals surface area contributed by atoms with Gasteiger partial charge in [-0.3, -0.25) is 4.79 Å². The Balaban J connectivity index is 1.98. The number of benzene rings is 1. The molecule has 0 aliphatic heterocycles. The molecule has 0 radical (unpaired) electrons. The lowest BCUT2D eigenvalue weighted by Crippen LogP contribution is -2.23. The van der Waals surface area contributed by atoms with Gasteiger partial charge in [0.1, 0.15) is 0 Å². The van der Waals surface area contributed by atoms with Gasteiger partial charge in [-0.25, -0.2) is 0 Å². The van der Waals surface area contributed by atoms with E-state index in [1.54, 1.807) is 6.92 Å². The molecule has 1 aromatic rings. The van der Waals surface area contributed by atoms with Gasteiger partial charge in [0.15, 0.2) is 5.78 Å². The van der Waals surface area contributed by atoms with E-state index in [0.717, 1.165) is 18.0 Å². The first kappa shape index (κ1) is 12.2. The zero-order valence-electron chi connectivity index (χ0n) is 10.8. The Labute approximate surface area is 104 Å². The Morgan fingerprint density at radius 1 is 1.24 bits per heavy atom. The lowest BCUT2D eigenvalue weighted by Gasteiger charge is -2.23. The standard InChI is InChI=1S/C15H21NO/c1-12(17)14-7-9-15(10-8-14)16(2)11-13-5-3-4-6-13/h7-10,13H,3-6,11H2,1-2H3. The molecule has 0 unspecified atom stereocenters. The van der Waals surface area contributed by atoms with Gasteiger partial charge in [0.05, 0.1) is 0 Å². The number of Topliss-reactive ketones (excluding diaryl/α,β-unsaturated/α-hetero) is 1. The number of rotatable bonds is 4. The van der Waals surface area contributed by atoms with Crippen LogP contribution in [-0.2, 0) is 0 Å². The molecule has 2 nitrogen and oxygen atoms in total. The largest absolute Gasteiger partial charge is 0.374 e. The van der Waals surface area contributed by atoms with Crippen LogP contribution in [0.5, 0.6) is 0 Å². The highest BCUT2D eigenvalue weighted by atomic mass is 16.1. The van der Waals surface area contributed by atoms with Gasteiger partial charge >= 0.3 is 0 Å². The molecule has 17 heavy (non-hydrogen) atoms. The van der Waals surface area contributed by atoms with Crippen molar-refractivity contribution in [3.8, 4) is 0 Å². The third-order valence-corrected chi connectivity index (χ3v) is 3.72. The predicted octanol–water partition coefficient (Wildman–Crippen LogP) is 3.52. The van der Waals surface area contributed by atoms with Crippen LogP contribution in [0.15, 0.2) is 24.3 Å². The number of ketones is 1. The molecule has 0 amide bonds. The summed E-state index contributed by atoms with van der Waals surface area (Å²) in [6.07, 6.45) is 5.52. The minimum absolute atomic E-state index is 0.134. The minimum atomic E-state index is 0.134. The smallest absolute Gasteiger partial charge is 0.159 e. The molecular weight excluding hydrogens is 210 g/mol. The predicted molar refractivity (Wildman–Crippen MR) is 71.7 cm³/mol. The fraction of sp³-hybridized carbons (Fsp3) is 0.533. The molecule has 0 atom stereocenters. The van der Waals surface area contributed by atoms with E-state index in [0.29, 0.717) is 0 Å². The van der Waals surface area contributed by atoms with Crippen LogP contribution in [0.1, 0.15) is 43.0 Å². The summed E-state index contributed by atoms with van der Waals surface area (Å²) in [4.78, 5) is 13.5. The van der Waals surface area contributed by atoms with Gasteiger partial charge in [-0.05, 0) is 49.9 Å². The van der Waals surface area contributed by atoms with Crippen molar-refractivity contribution in [2.24, 2.45) is 5.92 Å². The molecule has 0 saturated heterocycles. The number of anilines is 1. The highest BCUT2D eigenvalue weighted by molar-refractivity contribution is 5.94. The van der Waals surface area contributed by atoms with E-state index in [-0.39, 0.29) is 5.78 Å². The quantitative estimate of drug-likeness (QED) is 0.739.